The Morgan fingerprint density at radius 3 is 2.28 bits per heavy atom. The number of rotatable bonds is 5. The summed E-state index contributed by atoms with van der Waals surface area (Å²) >= 11 is 0. The lowest BCUT2D eigenvalue weighted by atomic mass is 10.00. The lowest BCUT2D eigenvalue weighted by molar-refractivity contribution is -0.896. The number of benzene rings is 2. The van der Waals surface area contributed by atoms with Crippen LogP contribution in [0.2, 0.25) is 0 Å². The van der Waals surface area contributed by atoms with Gasteiger partial charge in [-0.25, -0.2) is 8.42 Å². The van der Waals surface area contributed by atoms with Crippen LogP contribution in [-0.4, -0.2) is 62.8 Å². The van der Waals surface area contributed by atoms with E-state index in [1.165, 1.54) is 16.0 Å². The molecule has 0 aliphatic carbocycles. The lowest BCUT2D eigenvalue weighted by Gasteiger charge is -2.33. The minimum absolute atomic E-state index is 0.0370. The number of carbonyl (C=O) groups excluding carboxylic acids is 1. The van der Waals surface area contributed by atoms with Crippen molar-refractivity contribution in [3.8, 4) is 0 Å². The van der Waals surface area contributed by atoms with Crippen LogP contribution >= 0.6 is 0 Å². The van der Waals surface area contributed by atoms with Crippen LogP contribution in [0.25, 0.3) is 0 Å². The number of sulfonamides is 1. The molecule has 2 aromatic rings. The van der Waals surface area contributed by atoms with Crippen LogP contribution in [0.15, 0.2) is 54.6 Å². The van der Waals surface area contributed by atoms with Crippen LogP contribution in [0.4, 0.5) is 0 Å². The van der Waals surface area contributed by atoms with Gasteiger partial charge < -0.3 is 9.80 Å². The number of fused-ring (bicyclic) bond motifs is 1. The first-order valence-corrected chi connectivity index (χ1v) is 11.8. The molecule has 1 saturated heterocycles. The molecule has 7 heteroatoms. The lowest BCUT2D eigenvalue weighted by Crippen LogP contribution is -3.15. The molecule has 0 unspecified atom stereocenters. The Hall–Kier alpha value is -2.22. The molecule has 1 amide bonds. The number of hydrogen-bond acceptors (Lipinski definition) is 3. The Morgan fingerprint density at radius 1 is 0.897 bits per heavy atom. The van der Waals surface area contributed by atoms with Gasteiger partial charge in [0.2, 0.25) is 10.0 Å². The van der Waals surface area contributed by atoms with Crippen LogP contribution in [0.5, 0.6) is 0 Å². The Morgan fingerprint density at radius 2 is 1.55 bits per heavy atom. The van der Waals surface area contributed by atoms with Crippen molar-refractivity contribution in [2.45, 2.75) is 18.7 Å². The molecule has 1 fully saturated rings. The minimum Gasteiger partial charge on any atom is -0.333 e. The molecule has 2 aliphatic rings. The fourth-order valence-electron chi connectivity index (χ4n) is 4.17. The first kappa shape index (κ1) is 20.1. The molecule has 0 saturated carbocycles. The zero-order valence-corrected chi connectivity index (χ0v) is 17.4. The Balaban J connectivity index is 1.28. The number of carbonyl (C=O) groups is 1. The van der Waals surface area contributed by atoms with Crippen molar-refractivity contribution in [3.63, 3.8) is 0 Å². The predicted octanol–water partition coefficient (Wildman–Crippen LogP) is 0.302. The van der Waals surface area contributed by atoms with Gasteiger partial charge in [0.05, 0.1) is 31.9 Å². The molecule has 29 heavy (non-hydrogen) atoms. The summed E-state index contributed by atoms with van der Waals surface area (Å²) in [5.74, 6) is 0.199. The Bertz CT molecular complexity index is 954. The monoisotopic (exact) mass is 414 g/mol. The maximum absolute atomic E-state index is 12.8. The average Bonchev–Trinajstić information content (AvgIpc) is 2.74. The molecule has 6 nitrogen and oxygen atoms in total. The third-order valence-corrected chi connectivity index (χ3v) is 7.75. The van der Waals surface area contributed by atoms with Gasteiger partial charge in [-0.05, 0) is 23.1 Å². The summed E-state index contributed by atoms with van der Waals surface area (Å²) in [6, 6.07) is 17.6. The summed E-state index contributed by atoms with van der Waals surface area (Å²) in [5.41, 5.74) is 3.38. The highest BCUT2D eigenvalue weighted by Crippen LogP contribution is 2.18. The number of piperazine rings is 1. The highest BCUT2D eigenvalue weighted by molar-refractivity contribution is 7.88. The molecule has 0 atom stereocenters. The smallest absolute Gasteiger partial charge is 0.278 e. The van der Waals surface area contributed by atoms with E-state index in [0.29, 0.717) is 39.3 Å². The van der Waals surface area contributed by atoms with Crippen molar-refractivity contribution in [3.05, 3.63) is 71.3 Å². The average molecular weight is 415 g/mol. The summed E-state index contributed by atoms with van der Waals surface area (Å²) in [7, 11) is -3.32. The first-order chi connectivity index (χ1) is 14.0. The number of hydrogen-bond donors (Lipinski definition) is 1. The van der Waals surface area contributed by atoms with Crippen molar-refractivity contribution in [2.24, 2.45) is 0 Å². The molecule has 2 aromatic carbocycles. The van der Waals surface area contributed by atoms with Crippen molar-refractivity contribution < 1.29 is 18.1 Å². The number of quaternary nitrogens is 1. The molecule has 0 aromatic heterocycles. The fourth-order valence-corrected chi connectivity index (χ4v) is 5.70. The molecule has 0 radical (unpaired) electrons. The van der Waals surface area contributed by atoms with Crippen LogP contribution < -0.4 is 4.90 Å². The second-order valence-electron chi connectivity index (χ2n) is 7.90. The van der Waals surface area contributed by atoms with E-state index in [0.717, 1.165) is 18.5 Å². The topological polar surface area (TPSA) is 62.1 Å². The van der Waals surface area contributed by atoms with Gasteiger partial charge in [0.1, 0.15) is 0 Å². The molecular weight excluding hydrogens is 386 g/mol. The van der Waals surface area contributed by atoms with Gasteiger partial charge in [-0.1, -0.05) is 54.6 Å². The normalized spacial score (nSPS) is 18.4. The van der Waals surface area contributed by atoms with Gasteiger partial charge in [0, 0.05) is 13.1 Å². The van der Waals surface area contributed by atoms with E-state index in [9.17, 15) is 13.2 Å². The van der Waals surface area contributed by atoms with E-state index < -0.39 is 10.0 Å². The summed E-state index contributed by atoms with van der Waals surface area (Å²) in [5, 5.41) is 0. The maximum atomic E-state index is 12.8. The van der Waals surface area contributed by atoms with Crippen molar-refractivity contribution in [1.82, 2.24) is 9.21 Å². The highest BCUT2D eigenvalue weighted by Gasteiger charge is 2.31. The molecular formula is C22H28N3O3S+. The van der Waals surface area contributed by atoms with E-state index >= 15 is 0 Å². The van der Waals surface area contributed by atoms with E-state index in [-0.39, 0.29) is 11.7 Å². The van der Waals surface area contributed by atoms with Crippen LogP contribution in [0, 0.1) is 0 Å². The molecule has 0 spiro atoms. The summed E-state index contributed by atoms with van der Waals surface area (Å²) in [4.78, 5) is 15.9. The second-order valence-corrected chi connectivity index (χ2v) is 9.87. The quantitative estimate of drug-likeness (QED) is 0.766. The molecule has 2 heterocycles. The Kier molecular flexibility index (Phi) is 5.99. The van der Waals surface area contributed by atoms with Crippen molar-refractivity contribution in [2.75, 3.05) is 39.3 Å². The second kappa shape index (κ2) is 8.65. The fraction of sp³-hybridized carbons (Fsp3) is 0.409. The predicted molar refractivity (Wildman–Crippen MR) is 112 cm³/mol. The van der Waals surface area contributed by atoms with Crippen LogP contribution in [0.1, 0.15) is 16.7 Å². The van der Waals surface area contributed by atoms with E-state index in [4.69, 9.17) is 0 Å². The third kappa shape index (κ3) is 4.86. The van der Waals surface area contributed by atoms with E-state index in [1.54, 1.807) is 4.31 Å². The Labute approximate surface area is 172 Å². The maximum Gasteiger partial charge on any atom is 0.278 e. The standard InChI is InChI=1S/C22H27N3O3S/c26-22(24-11-10-20-8-4-5-9-21(20)16-24)17-23-12-14-25(15-13-23)29(27,28)18-19-6-2-1-3-7-19/h1-9H,10-18H2/p+1. The van der Waals surface area contributed by atoms with Crippen LogP contribution in [-0.2, 0) is 33.5 Å². The van der Waals surface area contributed by atoms with Crippen molar-refractivity contribution >= 4 is 15.9 Å². The van der Waals surface area contributed by atoms with Gasteiger partial charge in [-0.15, -0.1) is 0 Å². The number of nitrogens with zero attached hydrogens (tertiary/aromatic N) is 2. The first-order valence-electron chi connectivity index (χ1n) is 10.2. The van der Waals surface area contributed by atoms with E-state index in [2.05, 4.69) is 12.1 Å². The van der Waals surface area contributed by atoms with Gasteiger partial charge in [-0.3, -0.25) is 4.79 Å². The third-order valence-electron chi connectivity index (χ3n) is 5.90. The molecule has 154 valence electrons. The highest BCUT2D eigenvalue weighted by atomic mass is 32.2. The van der Waals surface area contributed by atoms with E-state index in [1.807, 2.05) is 47.4 Å². The van der Waals surface area contributed by atoms with Gasteiger partial charge in [0.15, 0.2) is 6.54 Å². The van der Waals surface area contributed by atoms with Crippen LogP contribution in [0.3, 0.4) is 0 Å². The largest absolute Gasteiger partial charge is 0.333 e. The molecule has 0 bridgehead atoms. The van der Waals surface area contributed by atoms with Crippen molar-refractivity contribution in [1.29, 1.82) is 0 Å². The summed E-state index contributed by atoms with van der Waals surface area (Å²) in [6.45, 7) is 4.17. The van der Waals surface area contributed by atoms with Gasteiger partial charge in [-0.2, -0.15) is 4.31 Å². The number of amides is 1. The SMILES string of the molecule is O=C(C[NH+]1CCN(S(=O)(=O)Cc2ccccc2)CC1)N1CCc2ccccc2C1. The molecule has 4 rings (SSSR count). The molecule has 1 N–H and O–H groups in total. The summed E-state index contributed by atoms with van der Waals surface area (Å²) < 4.78 is 27.0. The minimum atomic E-state index is -3.32. The van der Waals surface area contributed by atoms with Gasteiger partial charge >= 0.3 is 0 Å². The van der Waals surface area contributed by atoms with Gasteiger partial charge in [0.25, 0.3) is 5.91 Å². The zero-order valence-electron chi connectivity index (χ0n) is 16.6. The molecule has 2 aliphatic heterocycles. The summed E-state index contributed by atoms with van der Waals surface area (Å²) in [6.07, 6.45) is 0.906. The number of nitrogens with one attached hydrogen (secondary N) is 1. The zero-order chi connectivity index (χ0) is 20.3.